The van der Waals surface area contributed by atoms with Gasteiger partial charge in [-0.1, -0.05) is 0 Å². The van der Waals surface area contributed by atoms with Gasteiger partial charge in [-0.2, -0.15) is 0 Å². The van der Waals surface area contributed by atoms with Gasteiger partial charge < -0.3 is 23.3 Å². The molecule has 0 aromatic rings. The summed E-state index contributed by atoms with van der Waals surface area (Å²) >= 11 is 0. The smallest absolute Gasteiger partial charge is 0.356 e. The molecule has 7 nitrogen and oxygen atoms in total. The first-order valence-electron chi connectivity index (χ1n) is 6.31. The summed E-state index contributed by atoms with van der Waals surface area (Å²) < 4.78 is 37.9. The highest BCUT2D eigenvalue weighted by molar-refractivity contribution is 7.53. The van der Waals surface area contributed by atoms with Crippen LogP contribution in [0.3, 0.4) is 0 Å². The number of carbonyl (C=O) groups excluding carboxylic acids is 1. The lowest BCUT2D eigenvalue weighted by Gasteiger charge is -2.19. The van der Waals surface area contributed by atoms with Crippen LogP contribution in [-0.4, -0.2) is 38.1 Å². The normalized spacial score (nSPS) is 23.5. The third-order valence-electron chi connectivity index (χ3n) is 2.31. The fraction of sp³-hybridized carbons (Fsp3) is 0.909. The maximum atomic E-state index is 12.1. The number of esters is 1. The standard InChI is InChI=1S/C11H21O7P/c1-4-15-19(13,16-5-2)8-14-10-6-7-11(18-10)17-9(3)12/h10-11H,4-8H2,1-3H3/t10-,11?/m0/s1. The minimum absolute atomic E-state index is 0.174. The van der Waals surface area contributed by atoms with Crippen LogP contribution < -0.4 is 0 Å². The Morgan fingerprint density at radius 2 is 1.79 bits per heavy atom. The summed E-state index contributed by atoms with van der Waals surface area (Å²) in [4.78, 5) is 10.8. The lowest BCUT2D eigenvalue weighted by Crippen LogP contribution is -2.19. The van der Waals surface area contributed by atoms with Crippen molar-refractivity contribution in [1.29, 1.82) is 0 Å². The Hall–Kier alpha value is -0.460. The monoisotopic (exact) mass is 296 g/mol. The molecular formula is C11H21O7P. The Balaban J connectivity index is 2.35. The highest BCUT2D eigenvalue weighted by Crippen LogP contribution is 2.48. The quantitative estimate of drug-likeness (QED) is 0.502. The molecule has 0 bridgehead atoms. The molecular weight excluding hydrogens is 275 g/mol. The molecule has 2 atom stereocenters. The zero-order valence-corrected chi connectivity index (χ0v) is 12.4. The van der Waals surface area contributed by atoms with Crippen molar-refractivity contribution in [3.05, 3.63) is 0 Å². The minimum atomic E-state index is -3.23. The minimum Gasteiger partial charge on any atom is -0.436 e. The second kappa shape index (κ2) is 7.97. The molecule has 0 saturated carbocycles. The zero-order valence-electron chi connectivity index (χ0n) is 11.5. The predicted octanol–water partition coefficient (Wildman–Crippen LogP) is 2.25. The maximum absolute atomic E-state index is 12.1. The van der Waals surface area contributed by atoms with Gasteiger partial charge in [-0.3, -0.25) is 9.36 Å². The molecule has 1 aliphatic heterocycles. The van der Waals surface area contributed by atoms with Crippen LogP contribution in [0.15, 0.2) is 0 Å². The first-order chi connectivity index (χ1) is 8.99. The van der Waals surface area contributed by atoms with Gasteiger partial charge in [0.25, 0.3) is 0 Å². The van der Waals surface area contributed by atoms with E-state index in [0.717, 1.165) is 0 Å². The molecule has 0 amide bonds. The van der Waals surface area contributed by atoms with E-state index in [4.69, 9.17) is 23.3 Å². The summed E-state index contributed by atoms with van der Waals surface area (Å²) in [5, 5.41) is 0. The van der Waals surface area contributed by atoms with E-state index in [-0.39, 0.29) is 19.6 Å². The van der Waals surface area contributed by atoms with E-state index >= 15 is 0 Å². The van der Waals surface area contributed by atoms with E-state index in [0.29, 0.717) is 12.8 Å². The summed E-state index contributed by atoms with van der Waals surface area (Å²) in [6.07, 6.45) is -0.208. The fourth-order valence-electron chi connectivity index (χ4n) is 1.65. The molecule has 1 unspecified atom stereocenters. The molecule has 1 saturated heterocycles. The Bertz CT molecular complexity index is 323. The molecule has 19 heavy (non-hydrogen) atoms. The molecule has 0 aliphatic carbocycles. The second-order valence-corrected chi connectivity index (χ2v) is 5.92. The molecule has 0 spiro atoms. The summed E-state index contributed by atoms with van der Waals surface area (Å²) in [6, 6.07) is 0. The third kappa shape index (κ3) is 6.01. The van der Waals surface area contributed by atoms with Gasteiger partial charge in [0, 0.05) is 19.8 Å². The van der Waals surface area contributed by atoms with Gasteiger partial charge in [-0.15, -0.1) is 0 Å². The lowest BCUT2D eigenvalue weighted by molar-refractivity contribution is -0.203. The number of ether oxygens (including phenoxy) is 3. The van der Waals surface area contributed by atoms with E-state index in [9.17, 15) is 9.36 Å². The van der Waals surface area contributed by atoms with E-state index in [2.05, 4.69) is 0 Å². The van der Waals surface area contributed by atoms with Crippen LogP contribution >= 0.6 is 7.60 Å². The Kier molecular flexibility index (Phi) is 6.96. The molecule has 0 aromatic heterocycles. The average molecular weight is 296 g/mol. The maximum Gasteiger partial charge on any atom is 0.356 e. The second-order valence-electron chi connectivity index (χ2n) is 3.92. The van der Waals surface area contributed by atoms with Gasteiger partial charge in [-0.25, -0.2) is 0 Å². The fourth-order valence-corrected chi connectivity index (χ4v) is 3.01. The molecule has 0 radical (unpaired) electrons. The topological polar surface area (TPSA) is 80.3 Å². The Labute approximate surface area is 113 Å². The molecule has 1 aliphatic rings. The number of hydrogen-bond acceptors (Lipinski definition) is 7. The average Bonchev–Trinajstić information content (AvgIpc) is 2.74. The molecule has 1 rings (SSSR count). The van der Waals surface area contributed by atoms with Gasteiger partial charge in [-0.05, 0) is 13.8 Å². The van der Waals surface area contributed by atoms with Crippen LogP contribution in [-0.2, 0) is 32.6 Å². The first kappa shape index (κ1) is 16.6. The molecule has 1 fully saturated rings. The Morgan fingerprint density at radius 1 is 1.21 bits per heavy atom. The van der Waals surface area contributed by atoms with Crippen molar-refractivity contribution < 1.29 is 32.6 Å². The van der Waals surface area contributed by atoms with Gasteiger partial charge >= 0.3 is 13.6 Å². The first-order valence-corrected chi connectivity index (χ1v) is 8.04. The zero-order chi connectivity index (χ0) is 14.3. The van der Waals surface area contributed by atoms with Gasteiger partial charge in [0.05, 0.1) is 13.2 Å². The number of carbonyl (C=O) groups is 1. The van der Waals surface area contributed by atoms with Crippen LogP contribution in [0.5, 0.6) is 0 Å². The van der Waals surface area contributed by atoms with Gasteiger partial charge in [0.2, 0.25) is 6.29 Å². The van der Waals surface area contributed by atoms with Crippen LogP contribution in [0.1, 0.15) is 33.6 Å². The lowest BCUT2D eigenvalue weighted by atomic mass is 10.3. The summed E-state index contributed by atoms with van der Waals surface area (Å²) in [6.45, 7) is 5.34. The summed E-state index contributed by atoms with van der Waals surface area (Å²) in [5.74, 6) is -0.403. The number of rotatable bonds is 8. The molecule has 0 N–H and O–H groups in total. The van der Waals surface area contributed by atoms with Gasteiger partial charge in [0.15, 0.2) is 12.6 Å². The van der Waals surface area contributed by atoms with Crippen LogP contribution in [0.4, 0.5) is 0 Å². The number of hydrogen-bond donors (Lipinski definition) is 0. The highest BCUT2D eigenvalue weighted by Gasteiger charge is 2.32. The third-order valence-corrected chi connectivity index (χ3v) is 4.08. The van der Waals surface area contributed by atoms with Crippen molar-refractivity contribution in [3.63, 3.8) is 0 Å². The Morgan fingerprint density at radius 3 is 2.32 bits per heavy atom. The van der Waals surface area contributed by atoms with Crippen molar-refractivity contribution in [2.45, 2.75) is 46.2 Å². The molecule has 112 valence electrons. The van der Waals surface area contributed by atoms with Crippen molar-refractivity contribution >= 4 is 13.6 Å². The van der Waals surface area contributed by atoms with Crippen molar-refractivity contribution in [3.8, 4) is 0 Å². The summed E-state index contributed by atoms with van der Waals surface area (Å²) in [5.41, 5.74) is 0. The highest BCUT2D eigenvalue weighted by atomic mass is 31.2. The summed E-state index contributed by atoms with van der Waals surface area (Å²) in [7, 11) is -3.23. The largest absolute Gasteiger partial charge is 0.436 e. The van der Waals surface area contributed by atoms with E-state index in [1.54, 1.807) is 13.8 Å². The van der Waals surface area contributed by atoms with Crippen molar-refractivity contribution in [2.24, 2.45) is 0 Å². The molecule has 0 aromatic carbocycles. The van der Waals surface area contributed by atoms with E-state index < -0.39 is 26.1 Å². The van der Waals surface area contributed by atoms with Crippen LogP contribution in [0, 0.1) is 0 Å². The molecule has 1 heterocycles. The van der Waals surface area contributed by atoms with Crippen LogP contribution in [0.2, 0.25) is 0 Å². The van der Waals surface area contributed by atoms with E-state index in [1.807, 2.05) is 0 Å². The van der Waals surface area contributed by atoms with Crippen molar-refractivity contribution in [2.75, 3.05) is 19.6 Å². The van der Waals surface area contributed by atoms with Crippen molar-refractivity contribution in [1.82, 2.24) is 0 Å². The van der Waals surface area contributed by atoms with Crippen LogP contribution in [0.25, 0.3) is 0 Å². The SMILES string of the molecule is CCOP(=O)(CO[C@@H]1CCC(OC(C)=O)O1)OCC. The predicted molar refractivity (Wildman–Crippen MR) is 66.5 cm³/mol. The van der Waals surface area contributed by atoms with Gasteiger partial charge in [0.1, 0.15) is 0 Å². The van der Waals surface area contributed by atoms with E-state index in [1.165, 1.54) is 6.92 Å². The molecule has 8 heteroatoms.